The summed E-state index contributed by atoms with van der Waals surface area (Å²) in [5, 5.41) is 0. The van der Waals surface area contributed by atoms with E-state index in [9.17, 15) is 0 Å². The number of hydrogen-bond donors (Lipinski definition) is 0. The minimum atomic E-state index is -0.461. The zero-order valence-corrected chi connectivity index (χ0v) is 29.6. The van der Waals surface area contributed by atoms with E-state index in [0.717, 1.165) is 33.3 Å². The summed E-state index contributed by atoms with van der Waals surface area (Å²) in [5.74, 6) is 0. The molecule has 0 aromatic heterocycles. The van der Waals surface area contributed by atoms with Gasteiger partial charge in [0.2, 0.25) is 0 Å². The molecule has 0 radical (unpaired) electrons. The Kier molecular flexibility index (Phi) is 8.56. The molecule has 51 heavy (non-hydrogen) atoms. The van der Waals surface area contributed by atoms with Crippen molar-refractivity contribution in [3.63, 3.8) is 0 Å². The zero-order valence-electron chi connectivity index (χ0n) is 29.6. The van der Waals surface area contributed by atoms with Gasteiger partial charge in [-0.3, -0.25) is 0 Å². The van der Waals surface area contributed by atoms with Crippen LogP contribution >= 0.6 is 0 Å². The Hall–Kier alpha value is -5.48. The molecular weight excluding hydrogens is 619 g/mol. The molecule has 0 saturated carbocycles. The molecule has 248 valence electrons. The van der Waals surface area contributed by atoms with Gasteiger partial charge in [-0.15, -0.1) is 0 Å². The number of hydrogen-bond acceptors (Lipinski definition) is 2. The first-order valence-electron chi connectivity index (χ1n) is 17.8. The minimum absolute atomic E-state index is 0.428. The van der Waals surface area contributed by atoms with Crippen molar-refractivity contribution in [3.8, 4) is 66.8 Å². The van der Waals surface area contributed by atoms with Crippen molar-refractivity contribution in [2.75, 3.05) is 0 Å². The van der Waals surface area contributed by atoms with Crippen LogP contribution in [0, 0.1) is 0 Å². The van der Waals surface area contributed by atoms with Gasteiger partial charge in [0.1, 0.15) is 0 Å². The van der Waals surface area contributed by atoms with E-state index in [4.69, 9.17) is 9.31 Å². The van der Waals surface area contributed by atoms with Crippen molar-refractivity contribution >= 4 is 12.6 Å². The second kappa shape index (κ2) is 13.3. The van der Waals surface area contributed by atoms with Gasteiger partial charge in [0, 0.05) is 0 Å². The maximum Gasteiger partial charge on any atom is 0.494 e. The third kappa shape index (κ3) is 6.71. The molecule has 2 nitrogen and oxygen atoms in total. The molecule has 7 aromatic rings. The van der Waals surface area contributed by atoms with Crippen LogP contribution in [0.4, 0.5) is 0 Å². The molecule has 8 rings (SSSR count). The van der Waals surface area contributed by atoms with Gasteiger partial charge in [-0.2, -0.15) is 0 Å². The Morgan fingerprint density at radius 1 is 0.294 bits per heavy atom. The van der Waals surface area contributed by atoms with Crippen molar-refractivity contribution in [3.05, 3.63) is 176 Å². The Labute approximate surface area is 302 Å². The van der Waals surface area contributed by atoms with Crippen molar-refractivity contribution in [1.29, 1.82) is 0 Å². The molecule has 1 fully saturated rings. The standard InChI is InChI=1S/C48H41BO2/c1-47(2)48(3,4)51-49(50-47)46-32-44(36-20-12-7-13-21-36)31-45(33-46)40-25-15-24-39(27-40)43-29-41(35-18-10-6-11-19-35)28-42(30-43)38-23-14-22-37(26-38)34-16-8-5-9-17-34/h5-33H,1-4H3. The predicted molar refractivity (Wildman–Crippen MR) is 215 cm³/mol. The first kappa shape index (κ1) is 32.7. The van der Waals surface area contributed by atoms with Crippen LogP contribution < -0.4 is 5.46 Å². The van der Waals surface area contributed by atoms with Crippen molar-refractivity contribution < 1.29 is 9.31 Å². The van der Waals surface area contributed by atoms with Crippen LogP contribution in [0.2, 0.25) is 0 Å². The summed E-state index contributed by atoms with van der Waals surface area (Å²) < 4.78 is 13.1. The molecule has 3 heteroatoms. The van der Waals surface area contributed by atoms with E-state index in [1.807, 2.05) is 0 Å². The third-order valence-electron chi connectivity index (χ3n) is 10.5. The Morgan fingerprint density at radius 3 is 0.941 bits per heavy atom. The molecule has 0 spiro atoms. The highest BCUT2D eigenvalue weighted by molar-refractivity contribution is 6.62. The van der Waals surface area contributed by atoms with Gasteiger partial charge < -0.3 is 9.31 Å². The monoisotopic (exact) mass is 660 g/mol. The van der Waals surface area contributed by atoms with E-state index in [1.165, 1.54) is 38.9 Å². The van der Waals surface area contributed by atoms with Crippen molar-refractivity contribution in [2.45, 2.75) is 38.9 Å². The van der Waals surface area contributed by atoms with Gasteiger partial charge >= 0.3 is 7.12 Å². The summed E-state index contributed by atoms with van der Waals surface area (Å²) in [7, 11) is -0.461. The molecule has 0 amide bonds. The Balaban J connectivity index is 1.24. The lowest BCUT2D eigenvalue weighted by atomic mass is 9.76. The topological polar surface area (TPSA) is 18.5 Å². The molecule has 0 bridgehead atoms. The SMILES string of the molecule is CC1(C)OB(c2cc(-c3ccccc3)cc(-c3cccc(-c4cc(-c5ccccc5)cc(-c5cccc(-c6ccccc6)c5)c4)c3)c2)OC1(C)C. The molecule has 0 unspecified atom stereocenters. The molecular formula is C48H41BO2. The maximum atomic E-state index is 6.55. The third-order valence-corrected chi connectivity index (χ3v) is 10.5. The summed E-state index contributed by atoms with van der Waals surface area (Å²) in [4.78, 5) is 0. The van der Waals surface area contributed by atoms with E-state index < -0.39 is 18.3 Å². The lowest BCUT2D eigenvalue weighted by Crippen LogP contribution is -2.41. The number of benzene rings is 7. The molecule has 1 heterocycles. The van der Waals surface area contributed by atoms with E-state index >= 15 is 0 Å². The highest BCUT2D eigenvalue weighted by Gasteiger charge is 2.51. The molecule has 0 atom stereocenters. The Bertz CT molecular complexity index is 2290. The predicted octanol–water partition coefficient (Wildman–Crippen LogP) is 12.0. The van der Waals surface area contributed by atoms with Crippen LogP contribution in [0.5, 0.6) is 0 Å². The average molecular weight is 661 g/mol. The quantitative estimate of drug-likeness (QED) is 0.158. The van der Waals surface area contributed by atoms with E-state index in [0.29, 0.717) is 0 Å². The summed E-state index contributed by atoms with van der Waals surface area (Å²) in [6.45, 7) is 8.42. The van der Waals surface area contributed by atoms with E-state index in [2.05, 4.69) is 204 Å². The molecule has 0 N–H and O–H groups in total. The maximum absolute atomic E-state index is 6.55. The molecule has 7 aromatic carbocycles. The average Bonchev–Trinajstić information content (AvgIpc) is 3.41. The Morgan fingerprint density at radius 2 is 0.549 bits per heavy atom. The fourth-order valence-electron chi connectivity index (χ4n) is 6.88. The van der Waals surface area contributed by atoms with E-state index in [-0.39, 0.29) is 0 Å². The van der Waals surface area contributed by atoms with Gasteiger partial charge in [-0.1, -0.05) is 140 Å². The van der Waals surface area contributed by atoms with Crippen LogP contribution in [0.3, 0.4) is 0 Å². The fraction of sp³-hybridized carbons (Fsp3) is 0.125. The number of rotatable bonds is 7. The zero-order chi connectivity index (χ0) is 35.0. The van der Waals surface area contributed by atoms with Crippen LogP contribution in [0.25, 0.3) is 66.8 Å². The van der Waals surface area contributed by atoms with Crippen LogP contribution in [0.1, 0.15) is 27.7 Å². The summed E-state index contributed by atoms with van der Waals surface area (Å²) in [5.41, 5.74) is 14.2. The smallest absolute Gasteiger partial charge is 0.399 e. The highest BCUT2D eigenvalue weighted by atomic mass is 16.7. The summed E-state index contributed by atoms with van der Waals surface area (Å²) >= 11 is 0. The second-order valence-electron chi connectivity index (χ2n) is 14.5. The fourth-order valence-corrected chi connectivity index (χ4v) is 6.88. The first-order valence-corrected chi connectivity index (χ1v) is 17.8. The lowest BCUT2D eigenvalue weighted by Gasteiger charge is -2.32. The van der Waals surface area contributed by atoms with Crippen LogP contribution in [-0.4, -0.2) is 18.3 Å². The normalized spacial score (nSPS) is 14.8. The van der Waals surface area contributed by atoms with Crippen molar-refractivity contribution in [2.24, 2.45) is 0 Å². The van der Waals surface area contributed by atoms with E-state index in [1.54, 1.807) is 0 Å². The summed E-state index contributed by atoms with van der Waals surface area (Å²) in [6.07, 6.45) is 0. The van der Waals surface area contributed by atoms with Gasteiger partial charge in [0.05, 0.1) is 11.2 Å². The van der Waals surface area contributed by atoms with Crippen LogP contribution in [-0.2, 0) is 9.31 Å². The molecule has 1 aliphatic rings. The molecule has 1 saturated heterocycles. The highest BCUT2D eigenvalue weighted by Crippen LogP contribution is 2.39. The molecule has 1 aliphatic heterocycles. The van der Waals surface area contributed by atoms with Gasteiger partial charge in [0.25, 0.3) is 0 Å². The van der Waals surface area contributed by atoms with Gasteiger partial charge in [-0.05, 0) is 136 Å². The minimum Gasteiger partial charge on any atom is -0.399 e. The van der Waals surface area contributed by atoms with Gasteiger partial charge in [-0.25, -0.2) is 0 Å². The first-order chi connectivity index (χ1) is 24.7. The lowest BCUT2D eigenvalue weighted by molar-refractivity contribution is 0.00578. The summed E-state index contributed by atoms with van der Waals surface area (Å²) in [6, 6.07) is 63.2. The van der Waals surface area contributed by atoms with Crippen LogP contribution in [0.15, 0.2) is 176 Å². The largest absolute Gasteiger partial charge is 0.494 e. The van der Waals surface area contributed by atoms with Crippen molar-refractivity contribution in [1.82, 2.24) is 0 Å². The molecule has 0 aliphatic carbocycles. The van der Waals surface area contributed by atoms with Gasteiger partial charge in [0.15, 0.2) is 0 Å². The second-order valence-corrected chi connectivity index (χ2v) is 14.5.